The molecule has 3 aliphatic rings. The Morgan fingerprint density at radius 2 is 0.778 bits per heavy atom. The molecule has 18 heavy (non-hydrogen) atoms. The SMILES string of the molecule is CC1[C@H]2OC(C)(C)O[C@@H]2C(C)[C@@H]2OC(C)(C)O[C@@H]12. The summed E-state index contributed by atoms with van der Waals surface area (Å²) in [5.74, 6) is -0.405. The molecule has 0 radical (unpaired) electrons. The quantitative estimate of drug-likeness (QED) is 0.666. The van der Waals surface area contributed by atoms with E-state index >= 15 is 0 Å². The van der Waals surface area contributed by atoms with Crippen LogP contribution in [0.3, 0.4) is 0 Å². The van der Waals surface area contributed by atoms with Gasteiger partial charge in [0.1, 0.15) is 0 Å². The van der Waals surface area contributed by atoms with E-state index in [0.29, 0.717) is 11.8 Å². The number of hydrogen-bond donors (Lipinski definition) is 0. The van der Waals surface area contributed by atoms with Crippen LogP contribution in [0.1, 0.15) is 41.5 Å². The maximum absolute atomic E-state index is 6.05. The van der Waals surface area contributed by atoms with Crippen LogP contribution in [0.5, 0.6) is 0 Å². The first kappa shape index (κ1) is 12.9. The molecule has 0 amide bonds. The zero-order chi connectivity index (χ0) is 13.3. The smallest absolute Gasteiger partial charge is 0.163 e. The van der Waals surface area contributed by atoms with E-state index in [1.807, 2.05) is 27.7 Å². The third kappa shape index (κ3) is 1.82. The van der Waals surface area contributed by atoms with Gasteiger partial charge in [0.05, 0.1) is 24.4 Å². The standard InChI is InChI=1S/C14H24O4/c1-7-9-11(17-13(3,4)15-9)8(2)12-10(7)16-14(5,6)18-12/h7-12H,1-6H3/t7?,8?,9-,10+,11-,12+. The van der Waals surface area contributed by atoms with Gasteiger partial charge in [0, 0.05) is 11.8 Å². The van der Waals surface area contributed by atoms with Crippen LogP contribution in [0.4, 0.5) is 0 Å². The molecule has 1 aliphatic carbocycles. The molecule has 3 fully saturated rings. The van der Waals surface area contributed by atoms with Crippen LogP contribution in [-0.4, -0.2) is 36.0 Å². The fraction of sp³-hybridized carbons (Fsp3) is 1.00. The summed E-state index contributed by atoms with van der Waals surface area (Å²) in [6.07, 6.45) is 0.421. The topological polar surface area (TPSA) is 36.9 Å². The highest BCUT2D eigenvalue weighted by molar-refractivity contribution is 5.04. The van der Waals surface area contributed by atoms with Crippen molar-refractivity contribution in [3.05, 3.63) is 0 Å². The highest BCUT2D eigenvalue weighted by Crippen LogP contribution is 2.48. The molecule has 1 saturated carbocycles. The fourth-order valence-electron chi connectivity index (χ4n) is 3.63. The minimum atomic E-state index is -0.494. The van der Waals surface area contributed by atoms with E-state index in [2.05, 4.69) is 13.8 Å². The van der Waals surface area contributed by atoms with Crippen LogP contribution < -0.4 is 0 Å². The molecule has 0 spiro atoms. The van der Waals surface area contributed by atoms with E-state index in [0.717, 1.165) is 0 Å². The zero-order valence-corrected chi connectivity index (χ0v) is 12.1. The van der Waals surface area contributed by atoms with Crippen molar-refractivity contribution < 1.29 is 18.9 Å². The van der Waals surface area contributed by atoms with Crippen molar-refractivity contribution in [2.24, 2.45) is 11.8 Å². The lowest BCUT2D eigenvalue weighted by atomic mass is 9.75. The largest absolute Gasteiger partial charge is 0.344 e. The minimum Gasteiger partial charge on any atom is -0.344 e. The summed E-state index contributed by atoms with van der Waals surface area (Å²) in [7, 11) is 0. The van der Waals surface area contributed by atoms with Gasteiger partial charge in [-0.15, -0.1) is 0 Å². The molecule has 2 saturated heterocycles. The molecule has 4 heteroatoms. The summed E-state index contributed by atoms with van der Waals surface area (Å²) in [5.41, 5.74) is 0. The van der Waals surface area contributed by atoms with Crippen LogP contribution >= 0.6 is 0 Å². The third-order valence-corrected chi connectivity index (χ3v) is 4.40. The zero-order valence-electron chi connectivity index (χ0n) is 12.1. The second-order valence-electron chi connectivity index (χ2n) is 6.85. The first-order valence-electron chi connectivity index (χ1n) is 6.91. The molecule has 2 heterocycles. The van der Waals surface area contributed by atoms with Gasteiger partial charge in [-0.25, -0.2) is 0 Å². The molecule has 104 valence electrons. The van der Waals surface area contributed by atoms with Gasteiger partial charge < -0.3 is 18.9 Å². The highest BCUT2D eigenvalue weighted by Gasteiger charge is 2.60. The average Bonchev–Trinajstić information content (AvgIpc) is 2.72. The number of hydrogen-bond acceptors (Lipinski definition) is 4. The lowest BCUT2D eigenvalue weighted by Gasteiger charge is -2.40. The number of fused-ring (bicyclic) bond motifs is 2. The van der Waals surface area contributed by atoms with E-state index in [1.54, 1.807) is 0 Å². The van der Waals surface area contributed by atoms with E-state index in [9.17, 15) is 0 Å². The lowest BCUT2D eigenvalue weighted by molar-refractivity contribution is -0.172. The Balaban J connectivity index is 1.88. The van der Waals surface area contributed by atoms with Crippen molar-refractivity contribution in [1.82, 2.24) is 0 Å². The monoisotopic (exact) mass is 256 g/mol. The van der Waals surface area contributed by atoms with Crippen molar-refractivity contribution in [2.75, 3.05) is 0 Å². The first-order valence-corrected chi connectivity index (χ1v) is 6.91. The van der Waals surface area contributed by atoms with Gasteiger partial charge in [-0.2, -0.15) is 0 Å². The maximum Gasteiger partial charge on any atom is 0.163 e. The first-order chi connectivity index (χ1) is 8.20. The molecule has 4 nitrogen and oxygen atoms in total. The normalized spacial score (nSPS) is 53.0. The van der Waals surface area contributed by atoms with Crippen LogP contribution in [0.2, 0.25) is 0 Å². The third-order valence-electron chi connectivity index (χ3n) is 4.40. The van der Waals surface area contributed by atoms with Gasteiger partial charge in [0.2, 0.25) is 0 Å². The van der Waals surface area contributed by atoms with Crippen molar-refractivity contribution in [3.63, 3.8) is 0 Å². The second kappa shape index (κ2) is 3.69. The molecular weight excluding hydrogens is 232 g/mol. The van der Waals surface area contributed by atoms with Crippen LogP contribution in [0, 0.1) is 11.8 Å². The van der Waals surface area contributed by atoms with E-state index in [1.165, 1.54) is 0 Å². The van der Waals surface area contributed by atoms with E-state index < -0.39 is 11.6 Å². The van der Waals surface area contributed by atoms with Crippen LogP contribution in [0.25, 0.3) is 0 Å². The van der Waals surface area contributed by atoms with Gasteiger partial charge in [-0.3, -0.25) is 0 Å². The molecule has 6 atom stereocenters. The van der Waals surface area contributed by atoms with E-state index in [-0.39, 0.29) is 24.4 Å². The maximum atomic E-state index is 6.05. The van der Waals surface area contributed by atoms with Gasteiger partial charge in [-0.1, -0.05) is 13.8 Å². The molecule has 2 unspecified atom stereocenters. The van der Waals surface area contributed by atoms with Gasteiger partial charge in [-0.05, 0) is 27.7 Å². The van der Waals surface area contributed by atoms with Crippen LogP contribution in [-0.2, 0) is 18.9 Å². The summed E-state index contributed by atoms with van der Waals surface area (Å²) < 4.78 is 24.2. The summed E-state index contributed by atoms with van der Waals surface area (Å²) in [4.78, 5) is 0. The summed E-state index contributed by atoms with van der Waals surface area (Å²) >= 11 is 0. The van der Waals surface area contributed by atoms with Gasteiger partial charge in [0.15, 0.2) is 11.6 Å². The predicted octanol–water partition coefficient (Wildman–Crippen LogP) is 2.31. The molecule has 3 rings (SSSR count). The Morgan fingerprint density at radius 3 is 1.00 bits per heavy atom. The molecule has 0 aromatic heterocycles. The lowest BCUT2D eigenvalue weighted by Crippen LogP contribution is -2.53. The van der Waals surface area contributed by atoms with Gasteiger partial charge in [0.25, 0.3) is 0 Å². The molecule has 0 aromatic rings. The Labute approximate surface area is 109 Å². The molecule has 2 aliphatic heterocycles. The Bertz CT molecular complexity index is 290. The fourth-order valence-corrected chi connectivity index (χ4v) is 3.63. The average molecular weight is 256 g/mol. The predicted molar refractivity (Wildman–Crippen MR) is 66.0 cm³/mol. The second-order valence-corrected chi connectivity index (χ2v) is 6.85. The number of ether oxygens (including phenoxy) is 4. The summed E-state index contributed by atoms with van der Waals surface area (Å²) in [6, 6.07) is 0. The summed E-state index contributed by atoms with van der Waals surface area (Å²) in [5, 5.41) is 0. The Hall–Kier alpha value is -0.160. The summed E-state index contributed by atoms with van der Waals surface area (Å²) in [6.45, 7) is 12.3. The van der Waals surface area contributed by atoms with Crippen molar-refractivity contribution in [2.45, 2.75) is 77.5 Å². The van der Waals surface area contributed by atoms with Gasteiger partial charge >= 0.3 is 0 Å². The van der Waals surface area contributed by atoms with Crippen molar-refractivity contribution in [3.8, 4) is 0 Å². The molecular formula is C14H24O4. The Morgan fingerprint density at radius 1 is 0.556 bits per heavy atom. The minimum absolute atomic E-state index is 0.105. The number of rotatable bonds is 0. The van der Waals surface area contributed by atoms with E-state index in [4.69, 9.17) is 18.9 Å². The Kier molecular flexibility index (Phi) is 2.63. The van der Waals surface area contributed by atoms with Crippen molar-refractivity contribution >= 4 is 0 Å². The van der Waals surface area contributed by atoms with Crippen molar-refractivity contribution in [1.29, 1.82) is 0 Å². The molecule has 0 bridgehead atoms. The van der Waals surface area contributed by atoms with Crippen LogP contribution in [0.15, 0.2) is 0 Å². The molecule has 0 aromatic carbocycles. The highest BCUT2D eigenvalue weighted by atomic mass is 16.8. The molecule has 0 N–H and O–H groups in total.